The highest BCUT2D eigenvalue weighted by Crippen LogP contribution is 2.30. The molecule has 1 aromatic rings. The summed E-state index contributed by atoms with van der Waals surface area (Å²) in [4.78, 5) is 14.0. The zero-order chi connectivity index (χ0) is 12.4. The largest absolute Gasteiger partial charge is 0.342 e. The quantitative estimate of drug-likeness (QED) is 0.833. The number of carbonyl (C=O) groups excluding carboxylic acids is 1. The second-order valence-electron chi connectivity index (χ2n) is 5.20. The summed E-state index contributed by atoms with van der Waals surface area (Å²) in [6.45, 7) is 1.95. The normalized spacial score (nSPS) is 19.2. The van der Waals surface area contributed by atoms with E-state index in [1.165, 1.54) is 24.0 Å². The van der Waals surface area contributed by atoms with Crippen LogP contribution in [-0.2, 0) is 17.6 Å². The number of fused-ring (bicyclic) bond motifs is 1. The lowest BCUT2D eigenvalue weighted by Crippen LogP contribution is -2.29. The highest BCUT2D eigenvalue weighted by Gasteiger charge is 2.24. The van der Waals surface area contributed by atoms with Crippen molar-refractivity contribution in [1.82, 2.24) is 4.90 Å². The maximum absolute atomic E-state index is 12.0. The van der Waals surface area contributed by atoms with E-state index in [1.807, 2.05) is 16.7 Å². The SMILES string of the molecule is O=C(CSC1Cc2ccccc2C1)N1CCCC1. The van der Waals surface area contributed by atoms with Crippen molar-refractivity contribution in [2.75, 3.05) is 18.8 Å². The number of rotatable bonds is 3. The summed E-state index contributed by atoms with van der Waals surface area (Å²) in [5.74, 6) is 1.01. The highest BCUT2D eigenvalue weighted by molar-refractivity contribution is 8.00. The number of hydrogen-bond acceptors (Lipinski definition) is 2. The lowest BCUT2D eigenvalue weighted by molar-refractivity contribution is -0.127. The van der Waals surface area contributed by atoms with Crippen LogP contribution >= 0.6 is 11.8 Å². The monoisotopic (exact) mass is 261 g/mol. The van der Waals surface area contributed by atoms with Crippen molar-refractivity contribution in [3.8, 4) is 0 Å². The third-order valence-corrected chi connectivity index (χ3v) is 5.13. The van der Waals surface area contributed by atoms with Crippen molar-refractivity contribution >= 4 is 17.7 Å². The molecule has 18 heavy (non-hydrogen) atoms. The van der Waals surface area contributed by atoms with Crippen LogP contribution in [0.1, 0.15) is 24.0 Å². The molecular weight excluding hydrogens is 242 g/mol. The predicted molar refractivity (Wildman–Crippen MR) is 75.9 cm³/mol. The first-order valence-electron chi connectivity index (χ1n) is 6.79. The van der Waals surface area contributed by atoms with E-state index in [0.717, 1.165) is 25.9 Å². The van der Waals surface area contributed by atoms with E-state index in [-0.39, 0.29) is 0 Å². The fourth-order valence-electron chi connectivity index (χ4n) is 2.88. The average Bonchev–Trinajstić information content (AvgIpc) is 3.04. The summed E-state index contributed by atoms with van der Waals surface area (Å²) in [7, 11) is 0. The van der Waals surface area contributed by atoms with Crippen LogP contribution in [0.5, 0.6) is 0 Å². The van der Waals surface area contributed by atoms with Crippen LogP contribution in [0, 0.1) is 0 Å². The third kappa shape index (κ3) is 2.56. The number of hydrogen-bond donors (Lipinski definition) is 0. The summed E-state index contributed by atoms with van der Waals surface area (Å²) in [6, 6.07) is 8.67. The van der Waals surface area contributed by atoms with Crippen LogP contribution in [0.2, 0.25) is 0 Å². The fourth-order valence-corrected chi connectivity index (χ4v) is 4.04. The first-order chi connectivity index (χ1) is 8.83. The topological polar surface area (TPSA) is 20.3 Å². The van der Waals surface area contributed by atoms with Gasteiger partial charge in [-0.05, 0) is 36.8 Å². The van der Waals surface area contributed by atoms with Gasteiger partial charge < -0.3 is 4.90 Å². The Bertz CT molecular complexity index is 415. The molecule has 3 rings (SSSR count). The zero-order valence-electron chi connectivity index (χ0n) is 10.6. The minimum atomic E-state index is 0.341. The molecule has 2 aliphatic rings. The van der Waals surface area contributed by atoms with Crippen molar-refractivity contribution in [2.24, 2.45) is 0 Å². The van der Waals surface area contributed by atoms with Crippen LogP contribution in [0.3, 0.4) is 0 Å². The molecule has 0 N–H and O–H groups in total. The van der Waals surface area contributed by atoms with Crippen molar-refractivity contribution in [2.45, 2.75) is 30.9 Å². The molecule has 1 aliphatic heterocycles. The summed E-state index contributed by atoms with van der Waals surface area (Å²) in [6.07, 6.45) is 4.64. The van der Waals surface area contributed by atoms with Crippen LogP contribution < -0.4 is 0 Å². The lowest BCUT2D eigenvalue weighted by Gasteiger charge is -2.16. The van der Waals surface area contributed by atoms with Gasteiger partial charge in [0.15, 0.2) is 0 Å². The van der Waals surface area contributed by atoms with Crippen molar-refractivity contribution in [3.63, 3.8) is 0 Å². The molecule has 3 heteroatoms. The van der Waals surface area contributed by atoms with Gasteiger partial charge in [0.05, 0.1) is 5.75 Å². The molecular formula is C15H19NOS. The Labute approximate surface area is 113 Å². The van der Waals surface area contributed by atoms with E-state index in [9.17, 15) is 4.79 Å². The van der Waals surface area contributed by atoms with E-state index < -0.39 is 0 Å². The molecule has 0 bridgehead atoms. The molecule has 1 aromatic carbocycles. The molecule has 0 radical (unpaired) electrons. The molecule has 0 atom stereocenters. The second kappa shape index (κ2) is 5.35. The highest BCUT2D eigenvalue weighted by atomic mass is 32.2. The van der Waals surface area contributed by atoms with Gasteiger partial charge in [0.25, 0.3) is 0 Å². The van der Waals surface area contributed by atoms with Crippen molar-refractivity contribution in [3.05, 3.63) is 35.4 Å². The predicted octanol–water partition coefficient (Wildman–Crippen LogP) is 2.51. The van der Waals surface area contributed by atoms with Gasteiger partial charge in [0.2, 0.25) is 5.91 Å². The number of amides is 1. The number of benzene rings is 1. The van der Waals surface area contributed by atoms with E-state index >= 15 is 0 Å². The number of likely N-dealkylation sites (tertiary alicyclic amines) is 1. The minimum absolute atomic E-state index is 0.341. The fraction of sp³-hybridized carbons (Fsp3) is 0.533. The Morgan fingerprint density at radius 3 is 2.39 bits per heavy atom. The Morgan fingerprint density at radius 2 is 1.78 bits per heavy atom. The molecule has 1 heterocycles. The van der Waals surface area contributed by atoms with E-state index in [4.69, 9.17) is 0 Å². The van der Waals surface area contributed by atoms with Gasteiger partial charge in [0.1, 0.15) is 0 Å². The van der Waals surface area contributed by atoms with E-state index in [1.54, 1.807) is 0 Å². The standard InChI is InChI=1S/C15H19NOS/c17-15(16-7-3-4-8-16)11-18-14-9-12-5-1-2-6-13(12)10-14/h1-2,5-6,14H,3-4,7-11H2. The zero-order valence-corrected chi connectivity index (χ0v) is 11.4. The molecule has 1 aliphatic carbocycles. The molecule has 96 valence electrons. The molecule has 0 saturated carbocycles. The molecule has 2 nitrogen and oxygen atoms in total. The Morgan fingerprint density at radius 1 is 1.17 bits per heavy atom. The maximum atomic E-state index is 12.0. The van der Waals surface area contributed by atoms with Crippen LogP contribution in [0.25, 0.3) is 0 Å². The van der Waals surface area contributed by atoms with Gasteiger partial charge in [-0.25, -0.2) is 0 Å². The Hall–Kier alpha value is -0.960. The summed E-state index contributed by atoms with van der Waals surface area (Å²) in [5, 5.41) is 0.606. The number of carbonyl (C=O) groups is 1. The molecule has 1 fully saturated rings. The smallest absolute Gasteiger partial charge is 0.232 e. The minimum Gasteiger partial charge on any atom is -0.342 e. The van der Waals surface area contributed by atoms with Crippen LogP contribution in [0.15, 0.2) is 24.3 Å². The Kier molecular flexibility index (Phi) is 3.59. The molecule has 0 aromatic heterocycles. The average molecular weight is 261 g/mol. The van der Waals surface area contributed by atoms with E-state index in [0.29, 0.717) is 16.9 Å². The first kappa shape index (κ1) is 12.1. The number of thioether (sulfide) groups is 1. The maximum Gasteiger partial charge on any atom is 0.232 e. The summed E-state index contributed by atoms with van der Waals surface area (Å²) < 4.78 is 0. The molecule has 1 amide bonds. The van der Waals surface area contributed by atoms with Crippen LogP contribution in [-0.4, -0.2) is 34.9 Å². The second-order valence-corrected chi connectivity index (χ2v) is 6.49. The van der Waals surface area contributed by atoms with Crippen molar-refractivity contribution < 1.29 is 4.79 Å². The van der Waals surface area contributed by atoms with E-state index in [2.05, 4.69) is 24.3 Å². The molecule has 0 spiro atoms. The van der Waals surface area contributed by atoms with Crippen molar-refractivity contribution in [1.29, 1.82) is 0 Å². The Balaban J connectivity index is 1.49. The van der Waals surface area contributed by atoms with Gasteiger partial charge in [0, 0.05) is 18.3 Å². The third-order valence-electron chi connectivity index (χ3n) is 3.91. The lowest BCUT2D eigenvalue weighted by atomic mass is 10.1. The molecule has 0 unspecified atom stereocenters. The summed E-state index contributed by atoms with van der Waals surface area (Å²) >= 11 is 1.84. The van der Waals surface area contributed by atoms with Gasteiger partial charge in [-0.3, -0.25) is 4.79 Å². The van der Waals surface area contributed by atoms with Gasteiger partial charge in [-0.15, -0.1) is 11.8 Å². The van der Waals surface area contributed by atoms with Gasteiger partial charge in [-0.2, -0.15) is 0 Å². The van der Waals surface area contributed by atoms with Crippen LogP contribution in [0.4, 0.5) is 0 Å². The number of nitrogens with zero attached hydrogens (tertiary/aromatic N) is 1. The first-order valence-corrected chi connectivity index (χ1v) is 7.84. The summed E-state index contributed by atoms with van der Waals surface area (Å²) in [5.41, 5.74) is 2.95. The molecule has 1 saturated heterocycles. The van der Waals surface area contributed by atoms with Gasteiger partial charge in [-0.1, -0.05) is 24.3 Å². The van der Waals surface area contributed by atoms with Gasteiger partial charge >= 0.3 is 0 Å².